The van der Waals surface area contributed by atoms with Crippen molar-refractivity contribution in [3.8, 4) is 0 Å². The predicted molar refractivity (Wildman–Crippen MR) is 79.9 cm³/mol. The van der Waals surface area contributed by atoms with Crippen LogP contribution in [0.4, 0.5) is 10.8 Å². The zero-order valence-corrected chi connectivity index (χ0v) is 12.3. The number of aromatic nitrogens is 1. The summed E-state index contributed by atoms with van der Waals surface area (Å²) < 4.78 is 4.44. The molecule has 3 aliphatic rings. The van der Waals surface area contributed by atoms with E-state index in [9.17, 15) is 0 Å². The van der Waals surface area contributed by atoms with E-state index in [-0.39, 0.29) is 0 Å². The molecule has 2 unspecified atom stereocenters. The molecule has 0 bridgehead atoms. The number of hydrogen-bond acceptors (Lipinski definition) is 5. The van der Waals surface area contributed by atoms with Crippen LogP contribution in [0.5, 0.6) is 0 Å². The fraction of sp³-hybridized carbons (Fsp3) is 0.786. The molecule has 0 radical (unpaired) electrons. The minimum atomic E-state index is 0.590. The SMILES string of the molecule is CC1CN2CCCC2CN1c1snc(N)c1C1CC1. The second-order valence-corrected chi connectivity index (χ2v) is 7.11. The van der Waals surface area contributed by atoms with Gasteiger partial charge in [0.05, 0.1) is 0 Å². The zero-order valence-electron chi connectivity index (χ0n) is 11.5. The number of nitrogens with zero attached hydrogens (tertiary/aromatic N) is 3. The number of piperazine rings is 1. The molecule has 1 saturated carbocycles. The van der Waals surface area contributed by atoms with Crippen LogP contribution >= 0.6 is 11.5 Å². The molecule has 2 N–H and O–H groups in total. The Morgan fingerprint density at radius 2 is 2.11 bits per heavy atom. The molecule has 2 atom stereocenters. The van der Waals surface area contributed by atoms with E-state index in [0.717, 1.165) is 11.9 Å². The molecule has 4 nitrogen and oxygen atoms in total. The molecule has 1 aromatic rings. The first-order valence-corrected chi connectivity index (χ1v) is 8.27. The van der Waals surface area contributed by atoms with Gasteiger partial charge in [0.1, 0.15) is 10.8 Å². The van der Waals surface area contributed by atoms with Gasteiger partial charge in [0, 0.05) is 30.7 Å². The first-order valence-electron chi connectivity index (χ1n) is 7.49. The average Bonchev–Trinajstić information content (AvgIpc) is 3.00. The number of anilines is 2. The van der Waals surface area contributed by atoms with Gasteiger partial charge in [-0.1, -0.05) is 0 Å². The Hall–Kier alpha value is -0.810. The Kier molecular flexibility index (Phi) is 2.74. The normalized spacial score (nSPS) is 31.7. The van der Waals surface area contributed by atoms with Gasteiger partial charge < -0.3 is 10.6 Å². The molecule has 0 spiro atoms. The Balaban J connectivity index is 1.64. The van der Waals surface area contributed by atoms with Gasteiger partial charge in [-0.3, -0.25) is 4.90 Å². The second-order valence-electron chi connectivity index (χ2n) is 6.35. The summed E-state index contributed by atoms with van der Waals surface area (Å²) in [6.45, 7) is 6.01. The average molecular weight is 278 g/mol. The lowest BCUT2D eigenvalue weighted by molar-refractivity contribution is 0.203. The highest BCUT2D eigenvalue weighted by atomic mass is 32.1. The first kappa shape index (κ1) is 12.0. The highest BCUT2D eigenvalue weighted by molar-refractivity contribution is 7.10. The van der Waals surface area contributed by atoms with E-state index in [2.05, 4.69) is 21.1 Å². The maximum atomic E-state index is 6.10. The Bertz CT molecular complexity index is 482. The topological polar surface area (TPSA) is 45.4 Å². The fourth-order valence-electron chi connectivity index (χ4n) is 3.73. The number of rotatable bonds is 2. The summed E-state index contributed by atoms with van der Waals surface area (Å²) in [5.74, 6) is 1.49. The van der Waals surface area contributed by atoms with E-state index in [0.29, 0.717) is 12.0 Å². The monoisotopic (exact) mass is 278 g/mol. The Labute approximate surface area is 118 Å². The van der Waals surface area contributed by atoms with E-state index in [1.807, 2.05) is 0 Å². The summed E-state index contributed by atoms with van der Waals surface area (Å²) >= 11 is 1.62. The van der Waals surface area contributed by atoms with Crippen LogP contribution in [0.3, 0.4) is 0 Å². The molecule has 0 amide bonds. The number of nitrogens with two attached hydrogens (primary N) is 1. The van der Waals surface area contributed by atoms with Crippen LogP contribution in [-0.2, 0) is 0 Å². The van der Waals surface area contributed by atoms with E-state index in [1.165, 1.54) is 55.9 Å². The van der Waals surface area contributed by atoms with Crippen molar-refractivity contribution in [1.29, 1.82) is 0 Å². The highest BCUT2D eigenvalue weighted by Gasteiger charge is 2.38. The van der Waals surface area contributed by atoms with Crippen LogP contribution in [0.15, 0.2) is 0 Å². The predicted octanol–water partition coefficient (Wildman–Crippen LogP) is 2.28. The van der Waals surface area contributed by atoms with Gasteiger partial charge in [-0.25, -0.2) is 0 Å². The van der Waals surface area contributed by atoms with Crippen LogP contribution in [0, 0.1) is 0 Å². The number of fused-ring (bicyclic) bond motifs is 1. The lowest BCUT2D eigenvalue weighted by atomic mass is 10.1. The van der Waals surface area contributed by atoms with Gasteiger partial charge in [-0.2, -0.15) is 4.37 Å². The van der Waals surface area contributed by atoms with E-state index in [4.69, 9.17) is 5.73 Å². The molecular formula is C14H22N4S. The molecule has 0 aromatic carbocycles. The van der Waals surface area contributed by atoms with Crippen LogP contribution in [-0.4, -0.2) is 41.0 Å². The summed E-state index contributed by atoms with van der Waals surface area (Å²) in [6.07, 6.45) is 5.32. The van der Waals surface area contributed by atoms with Crippen molar-refractivity contribution < 1.29 is 0 Å². The molecule has 2 aliphatic heterocycles. The smallest absolute Gasteiger partial charge is 0.142 e. The van der Waals surface area contributed by atoms with Crippen LogP contribution in [0.25, 0.3) is 0 Å². The molecule has 4 rings (SSSR count). The molecule has 3 heterocycles. The third kappa shape index (κ3) is 1.94. The molecule has 3 fully saturated rings. The molecule has 1 aliphatic carbocycles. The Morgan fingerprint density at radius 1 is 1.26 bits per heavy atom. The minimum Gasteiger partial charge on any atom is -0.383 e. The van der Waals surface area contributed by atoms with E-state index < -0.39 is 0 Å². The third-order valence-electron chi connectivity index (χ3n) is 4.92. The molecule has 5 heteroatoms. The zero-order chi connectivity index (χ0) is 13.0. The molecule has 1 aromatic heterocycles. The van der Waals surface area contributed by atoms with Gasteiger partial charge in [0.15, 0.2) is 0 Å². The summed E-state index contributed by atoms with van der Waals surface area (Å²) in [7, 11) is 0. The van der Waals surface area contributed by atoms with Crippen molar-refractivity contribution in [2.45, 2.75) is 50.6 Å². The molecule has 104 valence electrons. The maximum Gasteiger partial charge on any atom is 0.142 e. The van der Waals surface area contributed by atoms with Gasteiger partial charge >= 0.3 is 0 Å². The lowest BCUT2D eigenvalue weighted by Gasteiger charge is -2.43. The van der Waals surface area contributed by atoms with E-state index in [1.54, 1.807) is 11.5 Å². The van der Waals surface area contributed by atoms with Crippen molar-refractivity contribution in [2.75, 3.05) is 30.3 Å². The highest BCUT2D eigenvalue weighted by Crippen LogP contribution is 2.49. The standard InChI is InChI=1S/C14H22N4S/c1-9-7-17-6-2-3-11(17)8-18(9)14-12(10-4-5-10)13(15)16-19-14/h9-11H,2-8H2,1H3,(H2,15,16). The molecule has 19 heavy (non-hydrogen) atoms. The maximum absolute atomic E-state index is 6.10. The summed E-state index contributed by atoms with van der Waals surface area (Å²) in [4.78, 5) is 5.26. The van der Waals surface area contributed by atoms with Gasteiger partial charge in [0.25, 0.3) is 0 Å². The van der Waals surface area contributed by atoms with Crippen molar-refractivity contribution in [3.05, 3.63) is 5.56 Å². The van der Waals surface area contributed by atoms with Crippen molar-refractivity contribution in [3.63, 3.8) is 0 Å². The van der Waals surface area contributed by atoms with Crippen LogP contribution < -0.4 is 10.6 Å². The summed E-state index contributed by atoms with van der Waals surface area (Å²) in [5.41, 5.74) is 7.47. The summed E-state index contributed by atoms with van der Waals surface area (Å²) in [6, 6.07) is 1.35. The number of nitrogen functional groups attached to an aromatic ring is 1. The quantitative estimate of drug-likeness (QED) is 0.901. The van der Waals surface area contributed by atoms with Crippen molar-refractivity contribution in [2.24, 2.45) is 0 Å². The largest absolute Gasteiger partial charge is 0.383 e. The van der Waals surface area contributed by atoms with Crippen molar-refractivity contribution >= 4 is 22.4 Å². The van der Waals surface area contributed by atoms with Crippen LogP contribution in [0.1, 0.15) is 44.1 Å². The minimum absolute atomic E-state index is 0.590. The van der Waals surface area contributed by atoms with Crippen LogP contribution in [0.2, 0.25) is 0 Å². The first-order chi connectivity index (χ1) is 9.24. The second kappa shape index (κ2) is 4.35. The van der Waals surface area contributed by atoms with E-state index >= 15 is 0 Å². The lowest BCUT2D eigenvalue weighted by Crippen LogP contribution is -2.55. The van der Waals surface area contributed by atoms with Crippen molar-refractivity contribution in [1.82, 2.24) is 9.27 Å². The van der Waals surface area contributed by atoms with Gasteiger partial charge in [-0.15, -0.1) is 0 Å². The number of hydrogen-bond donors (Lipinski definition) is 1. The fourth-order valence-corrected chi connectivity index (χ4v) is 4.75. The summed E-state index contributed by atoms with van der Waals surface area (Å²) in [5, 5.41) is 1.37. The molecule has 2 saturated heterocycles. The third-order valence-corrected chi connectivity index (χ3v) is 5.84. The van der Waals surface area contributed by atoms with Gasteiger partial charge in [-0.05, 0) is 56.6 Å². The molecular weight excluding hydrogens is 256 g/mol. The van der Waals surface area contributed by atoms with Gasteiger partial charge in [0.2, 0.25) is 0 Å². The Morgan fingerprint density at radius 3 is 2.89 bits per heavy atom.